The van der Waals surface area contributed by atoms with E-state index >= 15 is 0 Å². The molecule has 6 heteroatoms. The molecule has 2 aromatic rings. The molecule has 0 aliphatic rings. The van der Waals surface area contributed by atoms with Crippen molar-refractivity contribution in [3.05, 3.63) is 35.7 Å². The summed E-state index contributed by atoms with van der Waals surface area (Å²) >= 11 is 0. The molecule has 6 nitrogen and oxygen atoms in total. The second kappa shape index (κ2) is 6.22. The molecule has 0 atom stereocenters. The van der Waals surface area contributed by atoms with Gasteiger partial charge in [-0.15, -0.1) is 10.2 Å². The average Bonchev–Trinajstić information content (AvgIpc) is 2.83. The molecule has 0 aliphatic carbocycles. The summed E-state index contributed by atoms with van der Waals surface area (Å²) < 4.78 is 10.8. The van der Waals surface area contributed by atoms with Crippen molar-refractivity contribution in [2.45, 2.75) is 46.3 Å². The quantitative estimate of drug-likeness (QED) is 0.843. The van der Waals surface area contributed by atoms with Gasteiger partial charge in [0.2, 0.25) is 17.7 Å². The van der Waals surface area contributed by atoms with Gasteiger partial charge in [0.15, 0.2) is 0 Å². The zero-order chi connectivity index (χ0) is 15.5. The van der Waals surface area contributed by atoms with Crippen LogP contribution in [-0.2, 0) is 13.1 Å². The number of hydrogen-bond donors (Lipinski definition) is 0. The monoisotopic (exact) mass is 290 g/mol. The zero-order valence-corrected chi connectivity index (χ0v) is 13.3. The van der Waals surface area contributed by atoms with Crippen molar-refractivity contribution in [1.82, 2.24) is 20.1 Å². The molecule has 0 radical (unpaired) electrons. The Kier molecular flexibility index (Phi) is 4.57. The van der Waals surface area contributed by atoms with Crippen molar-refractivity contribution < 1.29 is 9.15 Å². The minimum Gasteiger partial charge on any atom is -0.481 e. The number of aromatic nitrogens is 3. The molecule has 0 spiro atoms. The first kappa shape index (κ1) is 15.4. The number of aryl methyl sites for hydroxylation is 1. The number of hydrogen-bond acceptors (Lipinski definition) is 6. The van der Waals surface area contributed by atoms with E-state index in [1.165, 1.54) is 0 Å². The lowest BCUT2D eigenvalue weighted by Crippen LogP contribution is -2.40. The van der Waals surface area contributed by atoms with E-state index < -0.39 is 0 Å². The summed E-state index contributed by atoms with van der Waals surface area (Å²) in [6.07, 6.45) is 1.73. The van der Waals surface area contributed by atoms with Gasteiger partial charge in [-0.2, -0.15) is 0 Å². The van der Waals surface area contributed by atoms with Crippen LogP contribution in [0.3, 0.4) is 0 Å². The van der Waals surface area contributed by atoms with Gasteiger partial charge >= 0.3 is 0 Å². The molecule has 0 N–H and O–H groups in total. The maximum atomic E-state index is 5.49. The van der Waals surface area contributed by atoms with Crippen LogP contribution in [0.25, 0.3) is 0 Å². The molecule has 2 aromatic heterocycles. The van der Waals surface area contributed by atoms with Crippen LogP contribution in [0.5, 0.6) is 5.88 Å². The molecule has 0 aliphatic heterocycles. The summed E-state index contributed by atoms with van der Waals surface area (Å²) in [5, 5.41) is 7.96. The Hall–Kier alpha value is -1.95. The molecule has 0 amide bonds. The predicted molar refractivity (Wildman–Crippen MR) is 78.8 cm³/mol. The third kappa shape index (κ3) is 4.01. The zero-order valence-electron chi connectivity index (χ0n) is 13.3. The highest BCUT2D eigenvalue weighted by Gasteiger charge is 2.24. The summed E-state index contributed by atoms with van der Waals surface area (Å²) in [7, 11) is 1.63. The molecule has 2 rings (SSSR count). The van der Waals surface area contributed by atoms with Gasteiger partial charge in [-0.05, 0) is 26.8 Å². The van der Waals surface area contributed by atoms with E-state index in [0.29, 0.717) is 30.8 Å². The van der Waals surface area contributed by atoms with Crippen LogP contribution in [0.4, 0.5) is 0 Å². The fourth-order valence-corrected chi connectivity index (χ4v) is 2.03. The van der Waals surface area contributed by atoms with Crippen LogP contribution in [0.15, 0.2) is 22.7 Å². The van der Waals surface area contributed by atoms with Crippen LogP contribution in [-0.4, -0.2) is 32.7 Å². The van der Waals surface area contributed by atoms with E-state index in [-0.39, 0.29) is 5.54 Å². The van der Waals surface area contributed by atoms with E-state index in [2.05, 4.69) is 40.9 Å². The lowest BCUT2D eigenvalue weighted by Gasteiger charge is -2.34. The fourth-order valence-electron chi connectivity index (χ4n) is 2.03. The van der Waals surface area contributed by atoms with Crippen molar-refractivity contribution in [2.75, 3.05) is 7.11 Å². The Morgan fingerprint density at radius 1 is 1.24 bits per heavy atom. The number of rotatable bonds is 5. The largest absolute Gasteiger partial charge is 0.481 e. The highest BCUT2D eigenvalue weighted by molar-refractivity contribution is 5.25. The Balaban J connectivity index is 2.21. The van der Waals surface area contributed by atoms with E-state index in [4.69, 9.17) is 9.15 Å². The third-order valence-electron chi connectivity index (χ3n) is 3.25. The van der Waals surface area contributed by atoms with Crippen molar-refractivity contribution in [2.24, 2.45) is 0 Å². The van der Waals surface area contributed by atoms with Gasteiger partial charge in [-0.1, -0.05) is 6.07 Å². The van der Waals surface area contributed by atoms with Crippen LogP contribution in [0, 0.1) is 6.92 Å². The minimum absolute atomic E-state index is 0.0524. The molecule has 0 aromatic carbocycles. The van der Waals surface area contributed by atoms with Crippen molar-refractivity contribution in [3.8, 4) is 5.88 Å². The predicted octanol–water partition coefficient (Wildman–Crippen LogP) is 2.58. The number of methoxy groups -OCH3 is 1. The lowest BCUT2D eigenvalue weighted by atomic mass is 10.0. The Labute approximate surface area is 125 Å². The summed E-state index contributed by atoms with van der Waals surface area (Å²) in [5.41, 5.74) is 0.981. The van der Waals surface area contributed by atoms with Gasteiger partial charge < -0.3 is 9.15 Å². The summed E-state index contributed by atoms with van der Waals surface area (Å²) in [6.45, 7) is 9.53. The highest BCUT2D eigenvalue weighted by Crippen LogP contribution is 2.23. The first-order valence-corrected chi connectivity index (χ1v) is 6.92. The highest BCUT2D eigenvalue weighted by atomic mass is 16.5. The molecule has 2 heterocycles. The van der Waals surface area contributed by atoms with E-state index in [0.717, 1.165) is 5.56 Å². The van der Waals surface area contributed by atoms with Crippen LogP contribution < -0.4 is 4.74 Å². The van der Waals surface area contributed by atoms with Crippen molar-refractivity contribution >= 4 is 0 Å². The summed E-state index contributed by atoms with van der Waals surface area (Å²) in [5.74, 6) is 1.84. The van der Waals surface area contributed by atoms with Gasteiger partial charge in [0.25, 0.3) is 0 Å². The molecule has 0 unspecified atom stereocenters. The summed E-state index contributed by atoms with van der Waals surface area (Å²) in [6, 6.07) is 3.93. The van der Waals surface area contributed by atoms with Crippen LogP contribution in [0.2, 0.25) is 0 Å². The van der Waals surface area contributed by atoms with Gasteiger partial charge in [-0.25, -0.2) is 4.98 Å². The third-order valence-corrected chi connectivity index (χ3v) is 3.25. The maximum absolute atomic E-state index is 5.49. The molecule has 0 saturated carbocycles. The van der Waals surface area contributed by atoms with Gasteiger partial charge in [-0.3, -0.25) is 4.90 Å². The first-order valence-electron chi connectivity index (χ1n) is 6.92. The molecule has 0 saturated heterocycles. The molecule has 114 valence electrons. The maximum Gasteiger partial charge on any atom is 0.230 e. The Morgan fingerprint density at radius 2 is 2.00 bits per heavy atom. The average molecular weight is 290 g/mol. The fraction of sp³-hybridized carbons (Fsp3) is 0.533. The number of pyridine rings is 1. The minimum atomic E-state index is -0.0524. The lowest BCUT2D eigenvalue weighted by molar-refractivity contribution is 0.104. The van der Waals surface area contributed by atoms with E-state index in [1.54, 1.807) is 20.2 Å². The molecule has 21 heavy (non-hydrogen) atoms. The van der Waals surface area contributed by atoms with Crippen LogP contribution >= 0.6 is 0 Å². The van der Waals surface area contributed by atoms with Crippen LogP contribution in [0.1, 0.15) is 38.1 Å². The van der Waals surface area contributed by atoms with Gasteiger partial charge in [0, 0.05) is 30.8 Å². The molecular formula is C15H22N4O2. The second-order valence-corrected chi connectivity index (χ2v) is 5.91. The van der Waals surface area contributed by atoms with Gasteiger partial charge in [0.1, 0.15) is 0 Å². The van der Waals surface area contributed by atoms with E-state index in [9.17, 15) is 0 Å². The standard InChI is InChI=1S/C15H22N4O2/c1-11-17-18-13(21-11)10-19(15(2,3)4)9-12-7-6-8-16-14(12)20-5/h6-8H,9-10H2,1-5H3. The smallest absolute Gasteiger partial charge is 0.230 e. The SMILES string of the molecule is COc1ncccc1CN(Cc1nnc(C)o1)C(C)(C)C. The Bertz CT molecular complexity index is 589. The van der Waals surface area contributed by atoms with Crippen molar-refractivity contribution in [1.29, 1.82) is 0 Å². The molecular weight excluding hydrogens is 268 g/mol. The first-order chi connectivity index (χ1) is 9.90. The number of ether oxygens (including phenoxy) is 1. The normalized spacial score (nSPS) is 11.9. The topological polar surface area (TPSA) is 64.3 Å². The molecule has 0 bridgehead atoms. The Morgan fingerprint density at radius 3 is 2.57 bits per heavy atom. The van der Waals surface area contributed by atoms with Gasteiger partial charge in [0.05, 0.1) is 13.7 Å². The molecule has 0 fully saturated rings. The number of nitrogens with zero attached hydrogens (tertiary/aromatic N) is 4. The second-order valence-electron chi connectivity index (χ2n) is 5.91. The summed E-state index contributed by atoms with van der Waals surface area (Å²) in [4.78, 5) is 6.49. The van der Waals surface area contributed by atoms with E-state index in [1.807, 2.05) is 12.1 Å². The van der Waals surface area contributed by atoms with Crippen molar-refractivity contribution in [3.63, 3.8) is 0 Å².